The van der Waals surface area contributed by atoms with Crippen LogP contribution in [0, 0.1) is 27.7 Å². The quantitative estimate of drug-likeness (QED) is 0.113. The molecule has 2 fully saturated rings. The van der Waals surface area contributed by atoms with E-state index in [4.69, 9.17) is 4.74 Å². The standard InChI is InChI=1S/C46H72N6O7/c1-33-29-41(35(3)27-37(33)31-53)47-43(55)11-7-9-19-49(5)45(57)17-25-51-21-13-39(14-22-51)59-40-15-23-52(24-16-40)26-18-46(58)50(6)20-10-8-12-44(56)48-42-30-34(2)38(32-54)28-36(42)4/h27-30,39-40,53-54H,7-26,31-32H2,1-6H3,(H,47,55)(H,48,56). The lowest BCUT2D eigenvalue weighted by molar-refractivity contribution is -0.131. The highest BCUT2D eigenvalue weighted by atomic mass is 16.5. The molecule has 59 heavy (non-hydrogen) atoms. The van der Waals surface area contributed by atoms with Gasteiger partial charge in [0.15, 0.2) is 0 Å². The number of hydrogen-bond acceptors (Lipinski definition) is 9. The van der Waals surface area contributed by atoms with Gasteiger partial charge in [0.2, 0.25) is 23.6 Å². The molecule has 0 atom stereocenters. The van der Waals surface area contributed by atoms with Crippen molar-refractivity contribution < 1.29 is 34.1 Å². The number of carbonyl (C=O) groups is 4. The summed E-state index contributed by atoms with van der Waals surface area (Å²) in [5, 5.41) is 24.9. The van der Waals surface area contributed by atoms with Gasteiger partial charge in [0.25, 0.3) is 0 Å². The number of aryl methyl sites for hydroxylation is 4. The number of nitrogens with zero attached hydrogens (tertiary/aromatic N) is 4. The zero-order valence-corrected chi connectivity index (χ0v) is 36.7. The number of ether oxygens (including phenoxy) is 1. The van der Waals surface area contributed by atoms with Gasteiger partial charge in [-0.05, 0) is 125 Å². The lowest BCUT2D eigenvalue weighted by Gasteiger charge is -2.37. The molecule has 0 radical (unpaired) electrons. The van der Waals surface area contributed by atoms with Crippen molar-refractivity contribution in [1.29, 1.82) is 0 Å². The number of nitrogens with one attached hydrogen (secondary N) is 2. The summed E-state index contributed by atoms with van der Waals surface area (Å²) in [5.74, 6) is 0.187. The number of piperidine rings is 2. The minimum absolute atomic E-state index is 0.0189. The van der Waals surface area contributed by atoms with Gasteiger partial charge in [0, 0.05) is 104 Å². The van der Waals surface area contributed by atoms with Crippen LogP contribution in [-0.4, -0.2) is 132 Å². The van der Waals surface area contributed by atoms with Crippen molar-refractivity contribution in [1.82, 2.24) is 19.6 Å². The van der Waals surface area contributed by atoms with Crippen LogP contribution in [0.5, 0.6) is 0 Å². The monoisotopic (exact) mass is 821 g/mol. The second-order valence-electron chi connectivity index (χ2n) is 16.9. The van der Waals surface area contributed by atoms with Gasteiger partial charge < -0.3 is 45.2 Å². The first-order valence-corrected chi connectivity index (χ1v) is 21.9. The highest BCUT2D eigenvalue weighted by molar-refractivity contribution is 5.92. The third kappa shape index (κ3) is 15.9. The first-order valence-electron chi connectivity index (χ1n) is 21.9. The molecule has 13 heteroatoms. The number of amides is 4. The van der Waals surface area contributed by atoms with Crippen LogP contribution in [0.4, 0.5) is 11.4 Å². The number of aliphatic hydroxyl groups excluding tert-OH is 2. The van der Waals surface area contributed by atoms with E-state index in [9.17, 15) is 29.4 Å². The first kappa shape index (κ1) is 47.8. The maximum absolute atomic E-state index is 12.8. The Hall–Kier alpha value is -3.88. The van der Waals surface area contributed by atoms with Crippen LogP contribution in [0.15, 0.2) is 24.3 Å². The molecule has 2 saturated heterocycles. The first-order chi connectivity index (χ1) is 28.3. The minimum Gasteiger partial charge on any atom is -0.392 e. The Labute approximate surface area is 352 Å². The van der Waals surface area contributed by atoms with Gasteiger partial charge in [-0.3, -0.25) is 19.2 Å². The molecule has 2 aromatic carbocycles. The Morgan fingerprint density at radius 1 is 0.593 bits per heavy atom. The Morgan fingerprint density at radius 3 is 1.32 bits per heavy atom. The van der Waals surface area contributed by atoms with E-state index in [1.165, 1.54) is 0 Å². The number of carbonyl (C=O) groups excluding carboxylic acids is 4. The van der Waals surface area contributed by atoms with Gasteiger partial charge in [-0.15, -0.1) is 0 Å². The summed E-state index contributed by atoms with van der Waals surface area (Å²) in [5.41, 5.74) is 7.04. The van der Waals surface area contributed by atoms with E-state index in [1.54, 1.807) is 9.80 Å². The molecule has 4 N–H and O–H groups in total. The lowest BCUT2D eigenvalue weighted by atomic mass is 10.0. The number of rotatable bonds is 22. The SMILES string of the molecule is Cc1cc(NC(=O)CCCCN(C)C(=O)CCN2CCC(OC3CCN(CCC(=O)N(C)CCCCC(=O)Nc4cc(C)c(CO)cc4C)CC3)CC2)c(C)cc1CO. The van der Waals surface area contributed by atoms with E-state index in [2.05, 4.69) is 20.4 Å². The fourth-order valence-electron chi connectivity index (χ4n) is 8.01. The fourth-order valence-corrected chi connectivity index (χ4v) is 8.01. The normalized spacial score (nSPS) is 15.6. The molecule has 0 aromatic heterocycles. The van der Waals surface area contributed by atoms with Gasteiger partial charge in [-0.1, -0.05) is 12.1 Å². The van der Waals surface area contributed by atoms with E-state index in [0.29, 0.717) is 51.6 Å². The number of likely N-dealkylation sites (tertiary alicyclic amines) is 2. The summed E-state index contributed by atoms with van der Waals surface area (Å²) < 4.78 is 6.53. The topological polar surface area (TPSA) is 155 Å². The Kier molecular flexibility index (Phi) is 19.8. The van der Waals surface area contributed by atoms with Crippen molar-refractivity contribution in [2.24, 2.45) is 0 Å². The van der Waals surface area contributed by atoms with Gasteiger partial charge >= 0.3 is 0 Å². The fraction of sp³-hybridized carbons (Fsp3) is 0.652. The summed E-state index contributed by atoms with van der Waals surface area (Å²) >= 11 is 0. The van der Waals surface area contributed by atoms with Crippen LogP contribution in [0.25, 0.3) is 0 Å². The van der Waals surface area contributed by atoms with Crippen molar-refractivity contribution >= 4 is 35.0 Å². The van der Waals surface area contributed by atoms with Crippen LogP contribution >= 0.6 is 0 Å². The highest BCUT2D eigenvalue weighted by Crippen LogP contribution is 2.24. The van der Waals surface area contributed by atoms with E-state index in [1.807, 2.05) is 66.1 Å². The molecule has 0 bridgehead atoms. The minimum atomic E-state index is -0.0395. The maximum Gasteiger partial charge on any atom is 0.224 e. The average Bonchev–Trinajstić information content (AvgIpc) is 3.22. The van der Waals surface area contributed by atoms with E-state index in [-0.39, 0.29) is 49.1 Å². The van der Waals surface area contributed by atoms with Crippen LogP contribution in [0.1, 0.15) is 110 Å². The highest BCUT2D eigenvalue weighted by Gasteiger charge is 2.27. The van der Waals surface area contributed by atoms with Crippen LogP contribution in [0.3, 0.4) is 0 Å². The van der Waals surface area contributed by atoms with Crippen molar-refractivity contribution in [3.05, 3.63) is 57.6 Å². The Balaban J connectivity index is 0.993. The smallest absolute Gasteiger partial charge is 0.224 e. The largest absolute Gasteiger partial charge is 0.392 e. The molecule has 2 aromatic rings. The van der Waals surface area contributed by atoms with Gasteiger partial charge in [-0.25, -0.2) is 0 Å². The molecule has 13 nitrogen and oxygen atoms in total. The van der Waals surface area contributed by atoms with E-state index >= 15 is 0 Å². The molecule has 0 saturated carbocycles. The maximum atomic E-state index is 12.8. The van der Waals surface area contributed by atoms with Crippen LogP contribution in [0.2, 0.25) is 0 Å². The number of anilines is 2. The molecule has 2 heterocycles. The van der Waals surface area contributed by atoms with E-state index < -0.39 is 0 Å². The molecule has 0 unspecified atom stereocenters. The van der Waals surface area contributed by atoms with Crippen LogP contribution in [-0.2, 0) is 37.1 Å². The summed E-state index contributed by atoms with van der Waals surface area (Å²) in [6, 6.07) is 7.62. The van der Waals surface area contributed by atoms with Gasteiger partial charge in [0.05, 0.1) is 25.4 Å². The van der Waals surface area contributed by atoms with Crippen LogP contribution < -0.4 is 10.6 Å². The molecular formula is C46H72N6O7. The van der Waals surface area contributed by atoms with E-state index in [0.717, 1.165) is 123 Å². The van der Waals surface area contributed by atoms with Gasteiger partial charge in [0.1, 0.15) is 0 Å². The summed E-state index contributed by atoms with van der Waals surface area (Å²) in [6.45, 7) is 14.1. The van der Waals surface area contributed by atoms with Gasteiger partial charge in [-0.2, -0.15) is 0 Å². The number of benzene rings is 2. The molecule has 0 aliphatic carbocycles. The average molecular weight is 821 g/mol. The molecule has 328 valence electrons. The number of hydrogen-bond donors (Lipinski definition) is 4. The number of unbranched alkanes of at least 4 members (excludes halogenated alkanes) is 2. The van der Waals surface area contributed by atoms with Crippen molar-refractivity contribution in [3.8, 4) is 0 Å². The van der Waals surface area contributed by atoms with Crippen molar-refractivity contribution in [2.45, 2.75) is 130 Å². The summed E-state index contributed by atoms with van der Waals surface area (Å²) in [4.78, 5) is 59.0. The summed E-state index contributed by atoms with van der Waals surface area (Å²) in [7, 11) is 3.69. The third-order valence-electron chi connectivity index (χ3n) is 12.1. The zero-order valence-electron chi connectivity index (χ0n) is 36.7. The third-order valence-corrected chi connectivity index (χ3v) is 12.1. The molecule has 4 rings (SSSR count). The second kappa shape index (κ2) is 24.4. The predicted molar refractivity (Wildman–Crippen MR) is 233 cm³/mol. The summed E-state index contributed by atoms with van der Waals surface area (Å²) in [6.07, 6.45) is 9.11. The van der Waals surface area contributed by atoms with Crippen molar-refractivity contribution in [3.63, 3.8) is 0 Å². The molecule has 4 amide bonds. The lowest BCUT2D eigenvalue weighted by Crippen LogP contribution is -2.43. The molecule has 2 aliphatic rings. The molecule has 0 spiro atoms. The molecule has 2 aliphatic heterocycles. The second-order valence-corrected chi connectivity index (χ2v) is 16.9. The Morgan fingerprint density at radius 2 is 0.966 bits per heavy atom. The zero-order chi connectivity index (χ0) is 42.9. The molecular weight excluding hydrogens is 749 g/mol. The number of aliphatic hydroxyl groups is 2. The Bertz CT molecular complexity index is 1560. The predicted octanol–water partition coefficient (Wildman–Crippen LogP) is 5.47. The van der Waals surface area contributed by atoms with Crippen molar-refractivity contribution in [2.75, 3.05) is 77.1 Å².